The Balaban J connectivity index is 1.72. The van der Waals surface area contributed by atoms with Crippen molar-refractivity contribution in [3.05, 3.63) is 93.8 Å². The number of aromatic nitrogens is 1. The van der Waals surface area contributed by atoms with Gasteiger partial charge in [0, 0.05) is 18.9 Å². The minimum absolute atomic E-state index is 0.281. The van der Waals surface area contributed by atoms with E-state index in [4.69, 9.17) is 11.6 Å². The van der Waals surface area contributed by atoms with Gasteiger partial charge in [0.2, 0.25) is 0 Å². The van der Waals surface area contributed by atoms with Gasteiger partial charge in [-0.25, -0.2) is 0 Å². The van der Waals surface area contributed by atoms with Gasteiger partial charge in [0.1, 0.15) is 0 Å². The summed E-state index contributed by atoms with van der Waals surface area (Å²) in [5, 5.41) is 6.10. The number of hydrogen-bond acceptors (Lipinski definition) is 3. The molecule has 6 heteroatoms. The van der Waals surface area contributed by atoms with E-state index in [1.807, 2.05) is 50.2 Å². The second-order valence-corrected chi connectivity index (χ2v) is 6.93. The summed E-state index contributed by atoms with van der Waals surface area (Å²) >= 11 is 6.25. The number of carbonyl (C=O) groups is 2. The average molecular weight is 394 g/mol. The maximum absolute atomic E-state index is 12.6. The molecule has 1 aromatic heterocycles. The van der Waals surface area contributed by atoms with Crippen molar-refractivity contribution in [2.24, 2.45) is 0 Å². The second-order valence-electron chi connectivity index (χ2n) is 6.52. The van der Waals surface area contributed by atoms with Gasteiger partial charge >= 0.3 is 0 Å². The highest BCUT2D eigenvalue weighted by Gasteiger charge is 2.14. The van der Waals surface area contributed by atoms with Gasteiger partial charge in [-0.1, -0.05) is 48.0 Å². The number of aryl methyl sites for hydroxylation is 2. The molecule has 2 aromatic carbocycles. The third-order valence-corrected chi connectivity index (χ3v) is 4.53. The molecule has 0 spiro atoms. The van der Waals surface area contributed by atoms with E-state index in [9.17, 15) is 9.59 Å². The molecule has 0 atom stereocenters. The van der Waals surface area contributed by atoms with Crippen molar-refractivity contribution in [3.63, 3.8) is 0 Å². The SMILES string of the molecule is Cc1cc(C)c(NC(=O)c2cncc(C(=O)NCc3ccccc3)c2)c(Cl)c1. The van der Waals surface area contributed by atoms with E-state index >= 15 is 0 Å². The molecule has 1 heterocycles. The van der Waals surface area contributed by atoms with Crippen LogP contribution >= 0.6 is 11.6 Å². The van der Waals surface area contributed by atoms with Crippen LogP contribution in [-0.4, -0.2) is 16.8 Å². The molecule has 0 saturated carbocycles. The molecule has 0 radical (unpaired) electrons. The smallest absolute Gasteiger partial charge is 0.257 e. The third kappa shape index (κ3) is 4.75. The Morgan fingerprint density at radius 1 is 0.964 bits per heavy atom. The molecule has 0 aliphatic heterocycles. The Morgan fingerprint density at radius 2 is 1.64 bits per heavy atom. The first kappa shape index (κ1) is 19.6. The quantitative estimate of drug-likeness (QED) is 0.668. The van der Waals surface area contributed by atoms with Gasteiger partial charge < -0.3 is 10.6 Å². The first-order valence-electron chi connectivity index (χ1n) is 8.79. The van der Waals surface area contributed by atoms with Gasteiger partial charge in [0.05, 0.1) is 21.8 Å². The third-order valence-electron chi connectivity index (χ3n) is 4.23. The fourth-order valence-corrected chi connectivity index (χ4v) is 3.20. The van der Waals surface area contributed by atoms with Crippen LogP contribution in [0.4, 0.5) is 5.69 Å². The number of nitrogens with one attached hydrogen (secondary N) is 2. The van der Waals surface area contributed by atoms with Gasteiger partial charge in [0.25, 0.3) is 11.8 Å². The Bertz CT molecular complexity index is 996. The molecule has 2 amide bonds. The molecule has 0 bridgehead atoms. The molecule has 0 saturated heterocycles. The summed E-state index contributed by atoms with van der Waals surface area (Å²) in [4.78, 5) is 29.0. The van der Waals surface area contributed by atoms with E-state index < -0.39 is 0 Å². The Hall–Kier alpha value is -3.18. The number of carbonyl (C=O) groups excluding carboxylic acids is 2. The van der Waals surface area contributed by atoms with Crippen LogP contribution in [0, 0.1) is 13.8 Å². The topological polar surface area (TPSA) is 71.1 Å². The van der Waals surface area contributed by atoms with Crippen molar-refractivity contribution in [2.75, 3.05) is 5.32 Å². The van der Waals surface area contributed by atoms with E-state index in [0.717, 1.165) is 16.7 Å². The average Bonchev–Trinajstić information content (AvgIpc) is 2.69. The first-order chi connectivity index (χ1) is 13.4. The van der Waals surface area contributed by atoms with Crippen molar-refractivity contribution in [2.45, 2.75) is 20.4 Å². The predicted molar refractivity (Wildman–Crippen MR) is 111 cm³/mol. The van der Waals surface area contributed by atoms with Crippen molar-refractivity contribution in [3.8, 4) is 0 Å². The molecule has 0 aliphatic carbocycles. The van der Waals surface area contributed by atoms with Gasteiger partial charge in [-0.15, -0.1) is 0 Å². The van der Waals surface area contributed by atoms with Crippen molar-refractivity contribution in [1.82, 2.24) is 10.3 Å². The van der Waals surface area contributed by atoms with Crippen LogP contribution in [-0.2, 0) is 6.54 Å². The summed E-state index contributed by atoms with van der Waals surface area (Å²) in [5.41, 5.74) is 4.01. The lowest BCUT2D eigenvalue weighted by Gasteiger charge is -2.12. The maximum atomic E-state index is 12.6. The highest BCUT2D eigenvalue weighted by Crippen LogP contribution is 2.27. The molecular formula is C22H20ClN3O2. The highest BCUT2D eigenvalue weighted by molar-refractivity contribution is 6.34. The minimum Gasteiger partial charge on any atom is -0.348 e. The molecule has 28 heavy (non-hydrogen) atoms. The molecule has 142 valence electrons. The highest BCUT2D eigenvalue weighted by atomic mass is 35.5. The van der Waals surface area contributed by atoms with Crippen molar-refractivity contribution >= 4 is 29.1 Å². The molecule has 0 unspecified atom stereocenters. The molecule has 5 nitrogen and oxygen atoms in total. The second kappa shape index (κ2) is 8.67. The lowest BCUT2D eigenvalue weighted by molar-refractivity contribution is 0.0950. The number of amides is 2. The summed E-state index contributed by atoms with van der Waals surface area (Å²) in [6.45, 7) is 4.21. The summed E-state index contributed by atoms with van der Waals surface area (Å²) in [7, 11) is 0. The van der Waals surface area contributed by atoms with Crippen LogP contribution in [0.2, 0.25) is 5.02 Å². The van der Waals surface area contributed by atoms with Crippen LogP contribution in [0.5, 0.6) is 0 Å². The zero-order valence-corrected chi connectivity index (χ0v) is 16.4. The van der Waals surface area contributed by atoms with Crippen LogP contribution in [0.25, 0.3) is 0 Å². The van der Waals surface area contributed by atoms with Crippen LogP contribution in [0.1, 0.15) is 37.4 Å². The largest absolute Gasteiger partial charge is 0.348 e. The van der Waals surface area contributed by atoms with E-state index in [-0.39, 0.29) is 17.4 Å². The Labute approximate surface area is 168 Å². The maximum Gasteiger partial charge on any atom is 0.257 e. The Kier molecular flexibility index (Phi) is 6.06. The fraction of sp³-hybridized carbons (Fsp3) is 0.136. The molecular weight excluding hydrogens is 374 g/mol. The first-order valence-corrected chi connectivity index (χ1v) is 9.17. The molecule has 0 aliphatic rings. The summed E-state index contributed by atoms with van der Waals surface area (Å²) in [6, 6.07) is 14.8. The van der Waals surface area contributed by atoms with Crippen LogP contribution in [0.15, 0.2) is 60.9 Å². The van der Waals surface area contributed by atoms with Gasteiger partial charge in [-0.3, -0.25) is 14.6 Å². The monoisotopic (exact) mass is 393 g/mol. The summed E-state index contributed by atoms with van der Waals surface area (Å²) < 4.78 is 0. The number of rotatable bonds is 5. The lowest BCUT2D eigenvalue weighted by atomic mass is 10.1. The van der Waals surface area contributed by atoms with Gasteiger partial charge in [0.15, 0.2) is 0 Å². The number of hydrogen-bond donors (Lipinski definition) is 2. The summed E-state index contributed by atoms with van der Waals surface area (Å²) in [5.74, 6) is -0.672. The number of anilines is 1. The van der Waals surface area contributed by atoms with Crippen LogP contribution in [0.3, 0.4) is 0 Å². The fourth-order valence-electron chi connectivity index (χ4n) is 2.83. The number of benzene rings is 2. The zero-order valence-electron chi connectivity index (χ0n) is 15.6. The molecule has 2 N–H and O–H groups in total. The van der Waals surface area contributed by atoms with E-state index in [0.29, 0.717) is 22.8 Å². The van der Waals surface area contributed by atoms with E-state index in [2.05, 4.69) is 15.6 Å². The zero-order chi connectivity index (χ0) is 20.1. The van der Waals surface area contributed by atoms with E-state index in [1.165, 1.54) is 18.5 Å². The number of nitrogens with zero attached hydrogens (tertiary/aromatic N) is 1. The van der Waals surface area contributed by atoms with Crippen LogP contribution < -0.4 is 10.6 Å². The molecule has 3 aromatic rings. The van der Waals surface area contributed by atoms with Crippen molar-refractivity contribution < 1.29 is 9.59 Å². The predicted octanol–water partition coefficient (Wildman–Crippen LogP) is 4.53. The van der Waals surface area contributed by atoms with Crippen molar-refractivity contribution in [1.29, 1.82) is 0 Å². The number of halogens is 1. The minimum atomic E-state index is -0.376. The molecule has 0 fully saturated rings. The van der Waals surface area contributed by atoms with Gasteiger partial charge in [-0.2, -0.15) is 0 Å². The normalized spacial score (nSPS) is 10.4. The lowest BCUT2D eigenvalue weighted by Crippen LogP contribution is -2.23. The summed E-state index contributed by atoms with van der Waals surface area (Å²) in [6.07, 6.45) is 2.85. The molecule has 3 rings (SSSR count). The van der Waals surface area contributed by atoms with Gasteiger partial charge in [-0.05, 0) is 42.7 Å². The standard InChI is InChI=1S/C22H20ClN3O2/c1-14-8-15(2)20(19(23)9-14)26-22(28)18-10-17(12-24-13-18)21(27)25-11-16-6-4-3-5-7-16/h3-10,12-13H,11H2,1-2H3,(H,25,27)(H,26,28). The van der Waals surface area contributed by atoms with E-state index in [1.54, 1.807) is 6.07 Å². The number of pyridine rings is 1. The Morgan fingerprint density at radius 3 is 2.32 bits per heavy atom.